The van der Waals surface area contributed by atoms with E-state index in [0.717, 1.165) is 0 Å². The molecular formula is C6H13N3O3. The van der Waals surface area contributed by atoms with E-state index in [1.165, 1.54) is 5.01 Å². The van der Waals surface area contributed by atoms with E-state index in [1.807, 2.05) is 4.90 Å². The summed E-state index contributed by atoms with van der Waals surface area (Å²) in [5.74, 6) is 0. The van der Waals surface area contributed by atoms with Crippen molar-refractivity contribution in [3.8, 4) is 0 Å². The number of piperazine rings is 1. The van der Waals surface area contributed by atoms with Crippen molar-refractivity contribution in [3.05, 3.63) is 10.1 Å². The van der Waals surface area contributed by atoms with Crippen molar-refractivity contribution in [2.75, 3.05) is 39.3 Å². The van der Waals surface area contributed by atoms with Gasteiger partial charge < -0.3 is 5.11 Å². The van der Waals surface area contributed by atoms with Crippen LogP contribution in [0.25, 0.3) is 0 Å². The topological polar surface area (TPSA) is 69.9 Å². The highest BCUT2D eigenvalue weighted by molar-refractivity contribution is 4.66. The van der Waals surface area contributed by atoms with E-state index >= 15 is 0 Å². The molecule has 0 atom stereocenters. The molecule has 0 aromatic carbocycles. The number of nitrogens with zero attached hydrogens (tertiary/aromatic N) is 3. The summed E-state index contributed by atoms with van der Waals surface area (Å²) < 4.78 is 0. The number of β-amino-alcohol motifs (C(OH)–C–C–N with tert-alkyl or cyclic N) is 1. The fraction of sp³-hybridized carbons (Fsp3) is 1.00. The molecule has 1 heterocycles. The minimum absolute atomic E-state index is 0.123. The SMILES string of the molecule is O=[N+]([O-])N1CCN(CCO)CC1. The fourth-order valence-corrected chi connectivity index (χ4v) is 1.27. The van der Waals surface area contributed by atoms with Crippen molar-refractivity contribution < 1.29 is 10.1 Å². The molecule has 0 aromatic heterocycles. The number of hydrogen-bond donors (Lipinski definition) is 1. The van der Waals surface area contributed by atoms with Crippen molar-refractivity contribution in [1.82, 2.24) is 9.91 Å². The standard InChI is InChI=1S/C6H13N3O3/c10-6-5-7-1-3-8(4-2-7)9(11)12/h10H,1-6H2. The summed E-state index contributed by atoms with van der Waals surface area (Å²) in [5, 5.41) is 19.7. The van der Waals surface area contributed by atoms with Gasteiger partial charge in [0.25, 0.3) is 0 Å². The molecule has 0 radical (unpaired) electrons. The van der Waals surface area contributed by atoms with Crippen LogP contribution in [-0.2, 0) is 0 Å². The van der Waals surface area contributed by atoms with Crippen molar-refractivity contribution in [2.24, 2.45) is 0 Å². The zero-order chi connectivity index (χ0) is 8.97. The molecule has 1 rings (SSSR count). The lowest BCUT2D eigenvalue weighted by atomic mass is 10.3. The first-order valence-electron chi connectivity index (χ1n) is 3.96. The monoisotopic (exact) mass is 175 g/mol. The van der Waals surface area contributed by atoms with Crippen LogP contribution in [0.15, 0.2) is 0 Å². The van der Waals surface area contributed by atoms with Gasteiger partial charge in [0.05, 0.1) is 19.7 Å². The molecule has 6 heteroatoms. The zero-order valence-corrected chi connectivity index (χ0v) is 6.85. The Hall–Kier alpha value is -0.880. The molecule has 1 fully saturated rings. The van der Waals surface area contributed by atoms with E-state index in [-0.39, 0.29) is 11.6 Å². The van der Waals surface area contributed by atoms with Gasteiger partial charge in [0.1, 0.15) is 0 Å². The number of rotatable bonds is 3. The van der Waals surface area contributed by atoms with E-state index in [0.29, 0.717) is 32.7 Å². The Morgan fingerprint density at radius 1 is 1.33 bits per heavy atom. The molecule has 0 aromatic rings. The van der Waals surface area contributed by atoms with Crippen LogP contribution in [0.1, 0.15) is 0 Å². The Kier molecular flexibility index (Phi) is 3.24. The van der Waals surface area contributed by atoms with Crippen molar-refractivity contribution in [2.45, 2.75) is 0 Å². The maximum atomic E-state index is 10.3. The molecule has 70 valence electrons. The first-order valence-corrected chi connectivity index (χ1v) is 3.96. The lowest BCUT2D eigenvalue weighted by Crippen LogP contribution is -2.49. The highest BCUT2D eigenvalue weighted by Gasteiger charge is 2.21. The maximum absolute atomic E-state index is 10.3. The molecule has 1 N–H and O–H groups in total. The molecule has 1 saturated heterocycles. The molecule has 1 aliphatic rings. The number of nitro groups is 1. The van der Waals surface area contributed by atoms with Gasteiger partial charge in [-0.05, 0) is 0 Å². The third-order valence-corrected chi connectivity index (χ3v) is 2.00. The van der Waals surface area contributed by atoms with Gasteiger partial charge in [-0.1, -0.05) is 0 Å². The lowest BCUT2D eigenvalue weighted by molar-refractivity contribution is -0.657. The zero-order valence-electron chi connectivity index (χ0n) is 6.85. The third kappa shape index (κ3) is 2.31. The summed E-state index contributed by atoms with van der Waals surface area (Å²) in [6, 6.07) is 0. The van der Waals surface area contributed by atoms with Crippen LogP contribution in [0.5, 0.6) is 0 Å². The molecule has 1 aliphatic heterocycles. The Labute approximate surface area is 70.5 Å². The Bertz CT molecular complexity index is 156. The quantitative estimate of drug-likeness (QED) is 0.430. The summed E-state index contributed by atoms with van der Waals surface area (Å²) in [6.45, 7) is 2.98. The molecule has 0 saturated carbocycles. The number of aliphatic hydroxyl groups is 1. The lowest BCUT2D eigenvalue weighted by Gasteiger charge is -2.29. The highest BCUT2D eigenvalue weighted by atomic mass is 16.7. The first kappa shape index (κ1) is 9.21. The van der Waals surface area contributed by atoms with Crippen LogP contribution in [-0.4, -0.2) is 59.4 Å². The fourth-order valence-electron chi connectivity index (χ4n) is 1.27. The molecule has 0 bridgehead atoms. The van der Waals surface area contributed by atoms with Crippen LogP contribution in [0, 0.1) is 10.1 Å². The van der Waals surface area contributed by atoms with E-state index in [9.17, 15) is 10.1 Å². The van der Waals surface area contributed by atoms with Gasteiger partial charge >= 0.3 is 0 Å². The van der Waals surface area contributed by atoms with E-state index in [4.69, 9.17) is 5.11 Å². The van der Waals surface area contributed by atoms with Gasteiger partial charge in [-0.3, -0.25) is 4.90 Å². The van der Waals surface area contributed by atoms with Crippen LogP contribution < -0.4 is 0 Å². The predicted octanol–water partition coefficient (Wildman–Crippen LogP) is -1.21. The van der Waals surface area contributed by atoms with Gasteiger partial charge in [-0.25, -0.2) is 10.1 Å². The number of hydrogen-bond acceptors (Lipinski definition) is 4. The Balaban J connectivity index is 2.25. The van der Waals surface area contributed by atoms with Crippen LogP contribution in [0.4, 0.5) is 0 Å². The average molecular weight is 175 g/mol. The minimum atomic E-state index is -0.365. The highest BCUT2D eigenvalue weighted by Crippen LogP contribution is 2.00. The van der Waals surface area contributed by atoms with E-state index < -0.39 is 0 Å². The third-order valence-electron chi connectivity index (χ3n) is 2.00. The van der Waals surface area contributed by atoms with Gasteiger partial charge in [-0.15, -0.1) is 5.01 Å². The van der Waals surface area contributed by atoms with Crippen LogP contribution in [0.3, 0.4) is 0 Å². The van der Waals surface area contributed by atoms with Gasteiger partial charge in [-0.2, -0.15) is 0 Å². The van der Waals surface area contributed by atoms with Crippen molar-refractivity contribution in [3.63, 3.8) is 0 Å². The molecule has 12 heavy (non-hydrogen) atoms. The van der Waals surface area contributed by atoms with Gasteiger partial charge in [0.15, 0.2) is 5.03 Å². The van der Waals surface area contributed by atoms with Gasteiger partial charge in [0, 0.05) is 19.6 Å². The van der Waals surface area contributed by atoms with E-state index in [2.05, 4.69) is 0 Å². The molecule has 0 spiro atoms. The van der Waals surface area contributed by atoms with Gasteiger partial charge in [0.2, 0.25) is 0 Å². The predicted molar refractivity (Wildman–Crippen MR) is 42.1 cm³/mol. The Morgan fingerprint density at radius 2 is 1.92 bits per heavy atom. The van der Waals surface area contributed by atoms with Crippen molar-refractivity contribution >= 4 is 0 Å². The summed E-state index contributed by atoms with van der Waals surface area (Å²) in [4.78, 5) is 12.3. The molecule has 0 aliphatic carbocycles. The molecule has 6 nitrogen and oxygen atoms in total. The summed E-state index contributed by atoms with van der Waals surface area (Å²) >= 11 is 0. The number of hydrazine groups is 1. The molecular weight excluding hydrogens is 162 g/mol. The average Bonchev–Trinajstić information content (AvgIpc) is 2.06. The first-order chi connectivity index (χ1) is 5.74. The Morgan fingerprint density at radius 3 is 2.33 bits per heavy atom. The normalized spacial score (nSPS) is 19.6. The second kappa shape index (κ2) is 4.22. The smallest absolute Gasteiger partial charge is 0.160 e. The van der Waals surface area contributed by atoms with Crippen LogP contribution in [0.2, 0.25) is 0 Å². The van der Waals surface area contributed by atoms with Crippen LogP contribution >= 0.6 is 0 Å². The second-order valence-electron chi connectivity index (χ2n) is 2.76. The maximum Gasteiger partial charge on any atom is 0.160 e. The molecule has 0 unspecified atom stereocenters. The summed E-state index contributed by atoms with van der Waals surface area (Å²) in [5.41, 5.74) is 0. The van der Waals surface area contributed by atoms with Crippen molar-refractivity contribution in [1.29, 1.82) is 0 Å². The molecule has 0 amide bonds. The number of aliphatic hydroxyl groups excluding tert-OH is 1. The second-order valence-corrected chi connectivity index (χ2v) is 2.76. The summed E-state index contributed by atoms with van der Waals surface area (Å²) in [7, 11) is 0. The van der Waals surface area contributed by atoms with E-state index in [1.54, 1.807) is 0 Å². The summed E-state index contributed by atoms with van der Waals surface area (Å²) in [6.07, 6.45) is 0. The minimum Gasteiger partial charge on any atom is -0.395 e. The largest absolute Gasteiger partial charge is 0.395 e.